The third-order valence-electron chi connectivity index (χ3n) is 3.23. The minimum absolute atomic E-state index is 0.269. The molecule has 0 saturated carbocycles. The molecule has 1 atom stereocenters. The van der Waals surface area contributed by atoms with Crippen molar-refractivity contribution in [3.05, 3.63) is 46.4 Å². The predicted octanol–water partition coefficient (Wildman–Crippen LogP) is 5.05. The predicted molar refractivity (Wildman–Crippen MR) is 83.8 cm³/mol. The molecule has 2 rings (SSSR count). The average molecular weight is 274 g/mol. The Hall–Kier alpha value is -1.35. The summed E-state index contributed by atoms with van der Waals surface area (Å²) in [4.78, 5) is 4.34. The fraction of sp³-hybridized carbons (Fsp3) is 0.438. The second kappa shape index (κ2) is 7.29. The van der Waals surface area contributed by atoms with E-state index in [1.807, 2.05) is 11.6 Å². The summed E-state index contributed by atoms with van der Waals surface area (Å²) in [7, 11) is 0. The lowest BCUT2D eigenvalue weighted by molar-refractivity contribution is 0.717. The quantitative estimate of drug-likeness (QED) is 0.715. The number of hydrogen-bond acceptors (Lipinski definition) is 3. The summed E-state index contributed by atoms with van der Waals surface area (Å²) in [5.74, 6) is 0. The fourth-order valence-corrected chi connectivity index (χ4v) is 2.75. The first-order valence-electron chi connectivity index (χ1n) is 7.04. The SMILES string of the molecule is CCCCCc1ccc(NC(C)c2nccs2)cc1. The van der Waals surface area contributed by atoms with Crippen LogP contribution in [0.4, 0.5) is 5.69 Å². The van der Waals surface area contributed by atoms with Gasteiger partial charge in [-0.25, -0.2) is 4.98 Å². The molecule has 3 heteroatoms. The number of hydrogen-bond donors (Lipinski definition) is 1. The molecule has 0 aliphatic carbocycles. The zero-order valence-electron chi connectivity index (χ0n) is 11.7. The number of rotatable bonds is 7. The Kier molecular flexibility index (Phi) is 5.40. The summed E-state index contributed by atoms with van der Waals surface area (Å²) >= 11 is 1.69. The van der Waals surface area contributed by atoms with Gasteiger partial charge in [0.05, 0.1) is 6.04 Å². The zero-order chi connectivity index (χ0) is 13.5. The maximum Gasteiger partial charge on any atom is 0.115 e. The molecule has 2 aromatic rings. The summed E-state index contributed by atoms with van der Waals surface area (Å²) in [5.41, 5.74) is 2.60. The molecule has 0 saturated heterocycles. The van der Waals surface area contributed by atoms with Crippen LogP contribution in [-0.4, -0.2) is 4.98 Å². The van der Waals surface area contributed by atoms with E-state index in [0.29, 0.717) is 0 Å². The van der Waals surface area contributed by atoms with E-state index >= 15 is 0 Å². The number of thiazole rings is 1. The number of unbranched alkanes of at least 4 members (excludes halogenated alkanes) is 2. The minimum Gasteiger partial charge on any atom is -0.376 e. The van der Waals surface area contributed by atoms with Gasteiger partial charge in [0, 0.05) is 17.3 Å². The third kappa shape index (κ3) is 4.35. The molecule has 1 unspecified atom stereocenters. The highest BCUT2D eigenvalue weighted by atomic mass is 32.1. The standard InChI is InChI=1S/C16H22N2S/c1-3-4-5-6-14-7-9-15(10-8-14)18-13(2)16-17-11-12-19-16/h7-13,18H,3-6H2,1-2H3. The van der Waals surface area contributed by atoms with Gasteiger partial charge in [0.15, 0.2) is 0 Å². The van der Waals surface area contributed by atoms with Crippen LogP contribution in [0.2, 0.25) is 0 Å². The topological polar surface area (TPSA) is 24.9 Å². The molecule has 2 nitrogen and oxygen atoms in total. The number of aromatic nitrogens is 1. The van der Waals surface area contributed by atoms with E-state index in [9.17, 15) is 0 Å². The largest absolute Gasteiger partial charge is 0.376 e. The summed E-state index contributed by atoms with van der Waals surface area (Å²) < 4.78 is 0. The van der Waals surface area contributed by atoms with Crippen molar-refractivity contribution in [3.63, 3.8) is 0 Å². The Balaban J connectivity index is 1.88. The van der Waals surface area contributed by atoms with Crippen molar-refractivity contribution in [1.29, 1.82) is 0 Å². The van der Waals surface area contributed by atoms with E-state index in [2.05, 4.69) is 48.4 Å². The van der Waals surface area contributed by atoms with Gasteiger partial charge in [0.2, 0.25) is 0 Å². The van der Waals surface area contributed by atoms with Crippen molar-refractivity contribution in [2.45, 2.75) is 45.6 Å². The van der Waals surface area contributed by atoms with E-state index in [1.54, 1.807) is 11.3 Å². The van der Waals surface area contributed by atoms with E-state index < -0.39 is 0 Å². The first kappa shape index (κ1) is 14.1. The van der Waals surface area contributed by atoms with Gasteiger partial charge in [0.1, 0.15) is 5.01 Å². The summed E-state index contributed by atoms with van der Waals surface area (Å²) in [5, 5.41) is 6.64. The third-order valence-corrected chi connectivity index (χ3v) is 4.19. The molecule has 1 N–H and O–H groups in total. The highest BCUT2D eigenvalue weighted by Gasteiger charge is 2.07. The molecule has 19 heavy (non-hydrogen) atoms. The first-order chi connectivity index (χ1) is 9.29. The number of aryl methyl sites for hydroxylation is 1. The monoisotopic (exact) mass is 274 g/mol. The molecular formula is C16H22N2S. The fourth-order valence-electron chi connectivity index (χ4n) is 2.11. The zero-order valence-corrected chi connectivity index (χ0v) is 12.5. The molecule has 0 fully saturated rings. The van der Waals surface area contributed by atoms with E-state index in [-0.39, 0.29) is 6.04 Å². The Morgan fingerprint density at radius 1 is 1.21 bits per heavy atom. The highest BCUT2D eigenvalue weighted by molar-refractivity contribution is 7.09. The Morgan fingerprint density at radius 3 is 2.63 bits per heavy atom. The Labute approximate surface area is 119 Å². The van der Waals surface area contributed by atoms with Gasteiger partial charge in [-0.05, 0) is 37.5 Å². The van der Waals surface area contributed by atoms with Crippen LogP contribution in [0.5, 0.6) is 0 Å². The first-order valence-corrected chi connectivity index (χ1v) is 7.92. The minimum atomic E-state index is 0.269. The van der Waals surface area contributed by atoms with Gasteiger partial charge < -0.3 is 5.32 Å². The van der Waals surface area contributed by atoms with Gasteiger partial charge >= 0.3 is 0 Å². The summed E-state index contributed by atoms with van der Waals surface area (Å²) in [6, 6.07) is 9.07. The molecule has 1 aromatic heterocycles. The Bertz CT molecular complexity index is 462. The maximum atomic E-state index is 4.34. The highest BCUT2D eigenvalue weighted by Crippen LogP contribution is 2.21. The van der Waals surface area contributed by atoms with E-state index in [4.69, 9.17) is 0 Å². The average Bonchev–Trinajstić information content (AvgIpc) is 2.95. The second-order valence-electron chi connectivity index (χ2n) is 4.89. The van der Waals surface area contributed by atoms with Crippen LogP contribution in [0.3, 0.4) is 0 Å². The van der Waals surface area contributed by atoms with Gasteiger partial charge in [0.25, 0.3) is 0 Å². The molecule has 0 aliphatic rings. The lowest BCUT2D eigenvalue weighted by Gasteiger charge is -2.13. The molecule has 1 aromatic carbocycles. The van der Waals surface area contributed by atoms with Crippen LogP contribution in [0.1, 0.15) is 49.7 Å². The van der Waals surface area contributed by atoms with Crippen LogP contribution in [0.25, 0.3) is 0 Å². The van der Waals surface area contributed by atoms with E-state index in [1.165, 1.54) is 36.9 Å². The van der Waals surface area contributed by atoms with Crippen LogP contribution >= 0.6 is 11.3 Å². The molecule has 1 heterocycles. The van der Waals surface area contributed by atoms with Crippen LogP contribution in [0.15, 0.2) is 35.8 Å². The molecule has 0 radical (unpaired) electrons. The number of anilines is 1. The lowest BCUT2D eigenvalue weighted by atomic mass is 10.1. The summed E-state index contributed by atoms with van der Waals surface area (Å²) in [6.45, 7) is 4.39. The van der Waals surface area contributed by atoms with E-state index in [0.717, 1.165) is 5.01 Å². The molecular weight excluding hydrogens is 252 g/mol. The smallest absolute Gasteiger partial charge is 0.115 e. The van der Waals surface area contributed by atoms with Crippen LogP contribution in [-0.2, 0) is 6.42 Å². The van der Waals surface area contributed by atoms with Crippen molar-refractivity contribution in [3.8, 4) is 0 Å². The van der Waals surface area contributed by atoms with Crippen molar-refractivity contribution in [2.75, 3.05) is 5.32 Å². The van der Waals surface area contributed by atoms with Crippen LogP contribution < -0.4 is 5.32 Å². The van der Waals surface area contributed by atoms with Crippen molar-refractivity contribution < 1.29 is 0 Å². The molecule has 0 amide bonds. The van der Waals surface area contributed by atoms with Gasteiger partial charge in [-0.2, -0.15) is 0 Å². The maximum absolute atomic E-state index is 4.34. The lowest BCUT2D eigenvalue weighted by Crippen LogP contribution is -2.05. The molecule has 0 spiro atoms. The Morgan fingerprint density at radius 2 is 2.00 bits per heavy atom. The molecule has 0 bridgehead atoms. The number of nitrogens with one attached hydrogen (secondary N) is 1. The van der Waals surface area contributed by atoms with Crippen molar-refractivity contribution >= 4 is 17.0 Å². The van der Waals surface area contributed by atoms with Crippen LogP contribution in [0, 0.1) is 0 Å². The van der Waals surface area contributed by atoms with Gasteiger partial charge in [-0.1, -0.05) is 31.9 Å². The number of nitrogens with zero attached hydrogens (tertiary/aromatic N) is 1. The summed E-state index contributed by atoms with van der Waals surface area (Å²) in [6.07, 6.45) is 6.94. The normalized spacial score (nSPS) is 12.3. The van der Waals surface area contributed by atoms with Gasteiger partial charge in [-0.15, -0.1) is 11.3 Å². The molecule has 102 valence electrons. The number of benzene rings is 1. The van der Waals surface area contributed by atoms with Crippen molar-refractivity contribution in [2.24, 2.45) is 0 Å². The molecule has 0 aliphatic heterocycles. The van der Waals surface area contributed by atoms with Gasteiger partial charge in [-0.3, -0.25) is 0 Å². The van der Waals surface area contributed by atoms with Crippen molar-refractivity contribution in [1.82, 2.24) is 4.98 Å². The second-order valence-corrected chi connectivity index (χ2v) is 5.82.